The molecule has 0 heterocycles. The quantitative estimate of drug-likeness (QED) is 0.503. The third-order valence-electron chi connectivity index (χ3n) is 0.471. The van der Waals surface area contributed by atoms with Crippen LogP contribution in [0, 0.1) is 6.61 Å². The van der Waals surface area contributed by atoms with E-state index in [-0.39, 0.29) is 0 Å². The second kappa shape index (κ2) is 2.48. The van der Waals surface area contributed by atoms with Gasteiger partial charge in [-0.3, -0.25) is 0 Å². The summed E-state index contributed by atoms with van der Waals surface area (Å²) in [5.74, 6) is 0. The Labute approximate surface area is 46.8 Å². The predicted molar refractivity (Wildman–Crippen MR) is 34.4 cm³/mol. The van der Waals surface area contributed by atoms with E-state index < -0.39 is 8.32 Å². The van der Waals surface area contributed by atoms with E-state index >= 15 is 0 Å². The second-order valence-electron chi connectivity index (χ2n) is 2.47. The molecule has 1 nitrogen and oxygen atoms in total. The zero-order valence-corrected chi connectivity index (χ0v) is 6.49. The molecule has 0 aromatic rings. The molecular weight excluding hydrogens is 104 g/mol. The van der Waals surface area contributed by atoms with Gasteiger partial charge in [0.1, 0.15) is 0 Å². The van der Waals surface area contributed by atoms with E-state index in [0.29, 0.717) is 0 Å². The lowest BCUT2D eigenvalue weighted by atomic mass is 10.9. The molecule has 0 aliphatic heterocycles. The van der Waals surface area contributed by atoms with Crippen molar-refractivity contribution >= 4 is 8.32 Å². The molecule has 0 bridgehead atoms. The maximum Gasteiger partial charge on any atom is 0.184 e. The van der Waals surface area contributed by atoms with Gasteiger partial charge in [-0.05, 0) is 26.6 Å². The van der Waals surface area contributed by atoms with Gasteiger partial charge in [0, 0.05) is 0 Å². The van der Waals surface area contributed by atoms with Gasteiger partial charge < -0.3 is 4.43 Å². The molecule has 0 atom stereocenters. The molecule has 1 radical (unpaired) electrons. The van der Waals surface area contributed by atoms with Gasteiger partial charge in [-0.15, -0.1) is 0 Å². The zero-order valence-electron chi connectivity index (χ0n) is 5.49. The molecule has 0 aliphatic rings. The van der Waals surface area contributed by atoms with Gasteiger partial charge in [-0.2, -0.15) is 0 Å². The SMILES string of the molecule is C[CH]O[Si](C)(C)C. The summed E-state index contributed by atoms with van der Waals surface area (Å²) in [5, 5.41) is 0. The fraction of sp³-hybridized carbons (Fsp3) is 0.800. The Bertz CT molecular complexity index is 46.5. The van der Waals surface area contributed by atoms with E-state index in [4.69, 9.17) is 4.43 Å². The monoisotopic (exact) mass is 117 g/mol. The normalized spacial score (nSPS) is 12.0. The Kier molecular flexibility index (Phi) is 2.54. The number of hydrogen-bond acceptors (Lipinski definition) is 1. The summed E-state index contributed by atoms with van der Waals surface area (Å²) in [6.07, 6.45) is 0. The smallest absolute Gasteiger partial charge is 0.184 e. The van der Waals surface area contributed by atoms with Crippen molar-refractivity contribution in [2.75, 3.05) is 0 Å². The summed E-state index contributed by atoms with van der Waals surface area (Å²) in [6.45, 7) is 10.2. The van der Waals surface area contributed by atoms with Crippen LogP contribution in [-0.2, 0) is 4.43 Å². The van der Waals surface area contributed by atoms with E-state index in [0.717, 1.165) is 0 Å². The molecule has 0 fully saturated rings. The fourth-order valence-electron chi connectivity index (χ4n) is 0.354. The summed E-state index contributed by atoms with van der Waals surface area (Å²) >= 11 is 0. The van der Waals surface area contributed by atoms with Crippen molar-refractivity contribution in [2.45, 2.75) is 26.6 Å². The van der Waals surface area contributed by atoms with E-state index in [2.05, 4.69) is 19.6 Å². The first-order valence-electron chi connectivity index (χ1n) is 2.52. The largest absolute Gasteiger partial charge is 0.412 e. The van der Waals surface area contributed by atoms with Crippen LogP contribution >= 0.6 is 0 Å². The Morgan fingerprint density at radius 2 is 1.71 bits per heavy atom. The van der Waals surface area contributed by atoms with Crippen LogP contribution in [0.4, 0.5) is 0 Å². The molecule has 0 spiro atoms. The van der Waals surface area contributed by atoms with Crippen molar-refractivity contribution in [1.29, 1.82) is 0 Å². The van der Waals surface area contributed by atoms with Crippen LogP contribution in [0.15, 0.2) is 0 Å². The minimum atomic E-state index is -1.21. The molecular formula is C5H13OSi. The first-order chi connectivity index (χ1) is 3.06. The topological polar surface area (TPSA) is 9.23 Å². The first kappa shape index (κ1) is 7.18. The minimum Gasteiger partial charge on any atom is -0.412 e. The molecule has 0 rings (SSSR count). The summed E-state index contributed by atoms with van der Waals surface area (Å²) in [5.41, 5.74) is 0. The van der Waals surface area contributed by atoms with E-state index in [9.17, 15) is 0 Å². The maximum atomic E-state index is 5.24. The highest BCUT2D eigenvalue weighted by molar-refractivity contribution is 6.69. The van der Waals surface area contributed by atoms with Gasteiger partial charge in [-0.25, -0.2) is 0 Å². The minimum absolute atomic E-state index is 1.21. The Morgan fingerprint density at radius 3 is 1.71 bits per heavy atom. The van der Waals surface area contributed by atoms with Crippen LogP contribution in [0.25, 0.3) is 0 Å². The highest BCUT2D eigenvalue weighted by Gasteiger charge is 2.11. The molecule has 0 saturated heterocycles. The number of rotatable bonds is 2. The molecule has 0 saturated carbocycles. The molecule has 2 heteroatoms. The summed E-state index contributed by atoms with van der Waals surface area (Å²) in [7, 11) is -1.21. The van der Waals surface area contributed by atoms with Crippen LogP contribution in [0.3, 0.4) is 0 Å². The fourth-order valence-corrected chi connectivity index (χ4v) is 1.06. The van der Waals surface area contributed by atoms with Gasteiger partial charge in [0.2, 0.25) is 0 Å². The van der Waals surface area contributed by atoms with Crippen LogP contribution in [0.5, 0.6) is 0 Å². The summed E-state index contributed by atoms with van der Waals surface area (Å²) < 4.78 is 5.24. The third kappa shape index (κ3) is 6.18. The average Bonchev–Trinajstić information content (AvgIpc) is 1.30. The Hall–Kier alpha value is 0.177. The van der Waals surface area contributed by atoms with Crippen molar-refractivity contribution in [1.82, 2.24) is 0 Å². The standard InChI is InChI=1S/C5H13OSi/c1-5-6-7(2,3)4/h5H,1-4H3. The lowest BCUT2D eigenvalue weighted by Gasteiger charge is -2.13. The summed E-state index contributed by atoms with van der Waals surface area (Å²) in [6, 6.07) is 0. The van der Waals surface area contributed by atoms with E-state index in [1.807, 2.05) is 6.92 Å². The molecule has 0 aliphatic carbocycles. The average molecular weight is 117 g/mol. The lowest BCUT2D eigenvalue weighted by molar-refractivity contribution is 0.413. The van der Waals surface area contributed by atoms with Crippen LogP contribution in [0.2, 0.25) is 19.6 Å². The maximum absolute atomic E-state index is 5.24. The van der Waals surface area contributed by atoms with Crippen molar-refractivity contribution in [3.05, 3.63) is 6.61 Å². The summed E-state index contributed by atoms with van der Waals surface area (Å²) in [4.78, 5) is 0. The molecule has 0 amide bonds. The van der Waals surface area contributed by atoms with Crippen molar-refractivity contribution in [2.24, 2.45) is 0 Å². The van der Waals surface area contributed by atoms with Gasteiger partial charge in [-0.1, -0.05) is 0 Å². The van der Waals surface area contributed by atoms with E-state index in [1.165, 1.54) is 0 Å². The Balaban J connectivity index is 3.15. The molecule has 0 aromatic carbocycles. The van der Waals surface area contributed by atoms with Crippen LogP contribution in [0.1, 0.15) is 6.92 Å². The second-order valence-corrected chi connectivity index (χ2v) is 6.93. The van der Waals surface area contributed by atoms with Crippen LogP contribution in [-0.4, -0.2) is 8.32 Å². The predicted octanol–water partition coefficient (Wildman–Crippen LogP) is 2.02. The van der Waals surface area contributed by atoms with Gasteiger partial charge in [0.05, 0.1) is 6.61 Å². The first-order valence-corrected chi connectivity index (χ1v) is 5.93. The zero-order chi connectivity index (χ0) is 5.91. The molecule has 43 valence electrons. The van der Waals surface area contributed by atoms with Gasteiger partial charge >= 0.3 is 0 Å². The molecule has 7 heavy (non-hydrogen) atoms. The molecule has 0 N–H and O–H groups in total. The van der Waals surface area contributed by atoms with Crippen molar-refractivity contribution < 1.29 is 4.43 Å². The highest BCUT2D eigenvalue weighted by atomic mass is 28.4. The number of hydrogen-bond donors (Lipinski definition) is 0. The third-order valence-corrected chi connectivity index (χ3v) is 1.41. The molecule has 0 unspecified atom stereocenters. The highest BCUT2D eigenvalue weighted by Crippen LogP contribution is 2.02. The van der Waals surface area contributed by atoms with Gasteiger partial charge in [0.15, 0.2) is 8.32 Å². The van der Waals surface area contributed by atoms with Gasteiger partial charge in [0.25, 0.3) is 0 Å². The lowest BCUT2D eigenvalue weighted by Crippen LogP contribution is -2.22. The van der Waals surface area contributed by atoms with Crippen molar-refractivity contribution in [3.63, 3.8) is 0 Å². The van der Waals surface area contributed by atoms with E-state index in [1.54, 1.807) is 6.61 Å². The Morgan fingerprint density at radius 1 is 1.29 bits per heavy atom. The van der Waals surface area contributed by atoms with Crippen LogP contribution < -0.4 is 0 Å². The van der Waals surface area contributed by atoms with Crippen molar-refractivity contribution in [3.8, 4) is 0 Å². The molecule has 0 aromatic heterocycles.